The summed E-state index contributed by atoms with van der Waals surface area (Å²) in [5.41, 5.74) is 0.609. The van der Waals surface area contributed by atoms with Crippen molar-refractivity contribution in [3.8, 4) is 0 Å². The number of rotatable bonds is 7. The average molecular weight is 339 g/mol. The molecule has 1 atom stereocenters. The minimum absolute atomic E-state index is 0.0911. The number of hydrogen-bond acceptors (Lipinski definition) is 5. The first-order valence-electron chi connectivity index (χ1n) is 7.14. The Morgan fingerprint density at radius 3 is 2.65 bits per heavy atom. The van der Waals surface area contributed by atoms with Gasteiger partial charge in [-0.25, -0.2) is 0 Å². The number of halogens is 1. The van der Waals surface area contributed by atoms with E-state index in [0.717, 1.165) is 11.8 Å². The lowest BCUT2D eigenvalue weighted by atomic mass is 9.94. The lowest BCUT2D eigenvalue weighted by Crippen LogP contribution is -2.42. The van der Waals surface area contributed by atoms with Crippen LogP contribution in [0.15, 0.2) is 36.7 Å². The second kappa shape index (κ2) is 7.08. The number of nitro groups is 1. The molecular formula is C15H19ClN4O3. The Morgan fingerprint density at radius 2 is 2.09 bits per heavy atom. The van der Waals surface area contributed by atoms with Gasteiger partial charge in [-0.3, -0.25) is 14.8 Å². The molecule has 124 valence electrons. The third kappa shape index (κ3) is 4.75. The van der Waals surface area contributed by atoms with Crippen LogP contribution in [0.3, 0.4) is 0 Å². The van der Waals surface area contributed by atoms with Crippen LogP contribution in [0.2, 0.25) is 5.02 Å². The highest BCUT2D eigenvalue weighted by Gasteiger charge is 2.21. The van der Waals surface area contributed by atoms with Gasteiger partial charge in [0.1, 0.15) is 12.4 Å². The average Bonchev–Trinajstić information content (AvgIpc) is 2.94. The van der Waals surface area contributed by atoms with Gasteiger partial charge in [-0.15, -0.1) is 0 Å². The van der Waals surface area contributed by atoms with Crippen molar-refractivity contribution in [2.75, 3.05) is 6.54 Å². The number of nitrogens with zero attached hydrogens (tertiary/aromatic N) is 3. The molecule has 23 heavy (non-hydrogen) atoms. The van der Waals surface area contributed by atoms with Gasteiger partial charge in [-0.1, -0.05) is 23.7 Å². The lowest BCUT2D eigenvalue weighted by molar-refractivity contribution is -0.385. The van der Waals surface area contributed by atoms with Gasteiger partial charge < -0.3 is 10.4 Å². The van der Waals surface area contributed by atoms with Crippen LogP contribution < -0.4 is 5.32 Å². The molecule has 0 unspecified atom stereocenters. The van der Waals surface area contributed by atoms with E-state index >= 15 is 0 Å². The highest BCUT2D eigenvalue weighted by Crippen LogP contribution is 2.21. The summed E-state index contributed by atoms with van der Waals surface area (Å²) in [5, 5.41) is 28.5. The first kappa shape index (κ1) is 17.4. The zero-order valence-corrected chi connectivity index (χ0v) is 13.7. The summed E-state index contributed by atoms with van der Waals surface area (Å²) in [6.07, 6.45) is 1.74. The second-order valence-electron chi connectivity index (χ2n) is 5.84. The molecule has 0 amide bonds. The van der Waals surface area contributed by atoms with Gasteiger partial charge in [0.15, 0.2) is 0 Å². The van der Waals surface area contributed by atoms with Crippen molar-refractivity contribution >= 4 is 17.3 Å². The zero-order chi connectivity index (χ0) is 17.0. The van der Waals surface area contributed by atoms with E-state index in [1.165, 1.54) is 10.9 Å². The summed E-state index contributed by atoms with van der Waals surface area (Å²) >= 11 is 5.89. The summed E-state index contributed by atoms with van der Waals surface area (Å²) in [4.78, 5) is 10.1. The van der Waals surface area contributed by atoms with Crippen molar-refractivity contribution in [2.45, 2.75) is 32.0 Å². The molecule has 0 fully saturated rings. The van der Waals surface area contributed by atoms with Gasteiger partial charge in [0.05, 0.1) is 17.6 Å². The molecule has 0 spiro atoms. The fourth-order valence-electron chi connectivity index (χ4n) is 2.17. The van der Waals surface area contributed by atoms with Crippen LogP contribution >= 0.6 is 11.6 Å². The quantitative estimate of drug-likeness (QED) is 0.597. The summed E-state index contributed by atoms with van der Waals surface area (Å²) < 4.78 is 1.36. The SMILES string of the molecule is CC(C)(NC[C@H](O)Cn1cc([N+](=O)[O-])cn1)c1ccc(Cl)cc1. The van der Waals surface area contributed by atoms with Crippen molar-refractivity contribution in [1.82, 2.24) is 15.1 Å². The van der Waals surface area contributed by atoms with Crippen LogP contribution in [0.1, 0.15) is 19.4 Å². The van der Waals surface area contributed by atoms with Crippen LogP contribution in [-0.2, 0) is 12.1 Å². The van der Waals surface area contributed by atoms with E-state index in [1.807, 2.05) is 38.1 Å². The Labute approximate surface area is 139 Å². The van der Waals surface area contributed by atoms with E-state index < -0.39 is 11.0 Å². The number of aliphatic hydroxyl groups is 1. The third-order valence-corrected chi connectivity index (χ3v) is 3.83. The van der Waals surface area contributed by atoms with Crippen molar-refractivity contribution in [2.24, 2.45) is 0 Å². The van der Waals surface area contributed by atoms with Crippen LogP contribution in [0.5, 0.6) is 0 Å². The van der Waals surface area contributed by atoms with E-state index in [-0.39, 0.29) is 17.8 Å². The van der Waals surface area contributed by atoms with E-state index in [1.54, 1.807) is 0 Å². The standard InChI is InChI=1S/C15H19ClN4O3/c1-15(2,11-3-5-12(16)6-4-11)17-8-14(21)10-19-9-13(7-18-19)20(22)23/h3-7,9,14,17,21H,8,10H2,1-2H3/t14-/m0/s1. The van der Waals surface area contributed by atoms with Gasteiger partial charge in [-0.2, -0.15) is 5.10 Å². The van der Waals surface area contributed by atoms with Gasteiger partial charge in [0.2, 0.25) is 0 Å². The molecule has 1 heterocycles. The molecule has 2 N–H and O–H groups in total. The Morgan fingerprint density at radius 1 is 1.43 bits per heavy atom. The zero-order valence-electron chi connectivity index (χ0n) is 12.9. The Balaban J connectivity index is 1.90. The maximum absolute atomic E-state index is 10.6. The van der Waals surface area contributed by atoms with E-state index in [2.05, 4.69) is 10.4 Å². The van der Waals surface area contributed by atoms with Crippen molar-refractivity contribution < 1.29 is 10.0 Å². The number of benzene rings is 1. The lowest BCUT2D eigenvalue weighted by Gasteiger charge is -2.28. The number of hydrogen-bond donors (Lipinski definition) is 2. The van der Waals surface area contributed by atoms with E-state index in [0.29, 0.717) is 11.6 Å². The number of nitrogens with one attached hydrogen (secondary N) is 1. The van der Waals surface area contributed by atoms with Gasteiger partial charge in [0, 0.05) is 17.1 Å². The van der Waals surface area contributed by atoms with Crippen molar-refractivity contribution in [3.05, 3.63) is 57.4 Å². The Bertz CT molecular complexity index is 670. The highest BCUT2D eigenvalue weighted by atomic mass is 35.5. The molecular weight excluding hydrogens is 320 g/mol. The van der Waals surface area contributed by atoms with Gasteiger partial charge >= 0.3 is 5.69 Å². The van der Waals surface area contributed by atoms with Crippen molar-refractivity contribution in [1.29, 1.82) is 0 Å². The molecule has 7 nitrogen and oxygen atoms in total. The summed E-state index contributed by atoms with van der Waals surface area (Å²) in [6.45, 7) is 4.50. The fraction of sp³-hybridized carbons (Fsp3) is 0.400. The molecule has 0 radical (unpaired) electrons. The van der Waals surface area contributed by atoms with Crippen LogP contribution in [0.4, 0.5) is 5.69 Å². The highest BCUT2D eigenvalue weighted by molar-refractivity contribution is 6.30. The van der Waals surface area contributed by atoms with E-state index in [4.69, 9.17) is 11.6 Å². The minimum Gasteiger partial charge on any atom is -0.390 e. The van der Waals surface area contributed by atoms with Gasteiger partial charge in [-0.05, 0) is 31.5 Å². The minimum atomic E-state index is -0.721. The Hall–Kier alpha value is -1.96. The molecule has 8 heteroatoms. The van der Waals surface area contributed by atoms with Crippen molar-refractivity contribution in [3.63, 3.8) is 0 Å². The number of aliphatic hydroxyl groups excluding tert-OH is 1. The van der Waals surface area contributed by atoms with Gasteiger partial charge in [0.25, 0.3) is 0 Å². The summed E-state index contributed by atoms with van der Waals surface area (Å²) in [6, 6.07) is 7.50. The van der Waals surface area contributed by atoms with Crippen LogP contribution in [0, 0.1) is 10.1 Å². The molecule has 0 bridgehead atoms. The maximum Gasteiger partial charge on any atom is 0.306 e. The normalized spacial score (nSPS) is 13.0. The largest absolute Gasteiger partial charge is 0.390 e. The molecule has 0 aliphatic carbocycles. The van der Waals surface area contributed by atoms with E-state index in [9.17, 15) is 15.2 Å². The second-order valence-corrected chi connectivity index (χ2v) is 6.28. The monoisotopic (exact) mass is 338 g/mol. The molecule has 0 saturated heterocycles. The number of aromatic nitrogens is 2. The fourth-order valence-corrected chi connectivity index (χ4v) is 2.29. The molecule has 1 aromatic carbocycles. The molecule has 0 aliphatic rings. The predicted molar refractivity (Wildman–Crippen MR) is 87.4 cm³/mol. The first-order valence-corrected chi connectivity index (χ1v) is 7.52. The molecule has 0 saturated carbocycles. The maximum atomic E-state index is 10.6. The summed E-state index contributed by atoms with van der Waals surface area (Å²) in [7, 11) is 0. The molecule has 1 aromatic heterocycles. The molecule has 2 rings (SSSR count). The molecule has 0 aliphatic heterocycles. The predicted octanol–water partition coefficient (Wildman–Crippen LogP) is 2.33. The topological polar surface area (TPSA) is 93.2 Å². The van der Waals surface area contributed by atoms with Crippen LogP contribution in [0.25, 0.3) is 0 Å². The molecule has 2 aromatic rings. The Kier molecular flexibility index (Phi) is 5.35. The smallest absolute Gasteiger partial charge is 0.306 e. The third-order valence-electron chi connectivity index (χ3n) is 3.57. The summed E-state index contributed by atoms with van der Waals surface area (Å²) in [5.74, 6) is 0. The first-order chi connectivity index (χ1) is 10.8. The van der Waals surface area contributed by atoms with Crippen LogP contribution in [-0.4, -0.2) is 32.5 Å².